The predicted molar refractivity (Wildman–Crippen MR) is 133 cm³/mol. The lowest BCUT2D eigenvalue weighted by atomic mass is 9.95. The first-order valence-electron chi connectivity index (χ1n) is 11.0. The summed E-state index contributed by atoms with van der Waals surface area (Å²) in [5, 5.41) is 0. The van der Waals surface area contributed by atoms with E-state index in [1.54, 1.807) is 59.5 Å². The zero-order chi connectivity index (χ0) is 25.1. The monoisotopic (exact) mass is 494 g/mol. The summed E-state index contributed by atoms with van der Waals surface area (Å²) in [6.45, 7) is 3.69. The normalized spacial score (nSPS) is 15.3. The summed E-state index contributed by atoms with van der Waals surface area (Å²) in [6.07, 6.45) is 1.75. The Bertz CT molecular complexity index is 1480. The van der Waals surface area contributed by atoms with Crippen molar-refractivity contribution >= 4 is 23.4 Å². The van der Waals surface area contributed by atoms with Crippen LogP contribution in [-0.4, -0.2) is 38.5 Å². The van der Waals surface area contributed by atoms with Gasteiger partial charge in [0, 0.05) is 17.2 Å². The van der Waals surface area contributed by atoms with Crippen LogP contribution in [0, 0.1) is 0 Å². The molecule has 35 heavy (non-hydrogen) atoms. The number of fused-ring (bicyclic) bond motifs is 1. The van der Waals surface area contributed by atoms with Crippen LogP contribution in [-0.2, 0) is 9.53 Å². The Morgan fingerprint density at radius 1 is 1.09 bits per heavy atom. The molecule has 8 nitrogen and oxygen atoms in total. The molecule has 0 bridgehead atoms. The number of esters is 1. The number of allylic oxidation sites excluding steroid dienone is 1. The maximum absolute atomic E-state index is 13.8. The van der Waals surface area contributed by atoms with E-state index in [0.717, 1.165) is 0 Å². The van der Waals surface area contributed by atoms with Gasteiger partial charge in [-0.25, -0.2) is 9.79 Å². The van der Waals surface area contributed by atoms with Crippen LogP contribution in [0.4, 0.5) is 0 Å². The number of methoxy groups -OCH3 is 3. The van der Waals surface area contributed by atoms with E-state index in [2.05, 4.69) is 4.99 Å². The van der Waals surface area contributed by atoms with Gasteiger partial charge in [-0.2, -0.15) is 0 Å². The second-order valence-electron chi connectivity index (χ2n) is 7.65. The molecular weight excluding hydrogens is 468 g/mol. The van der Waals surface area contributed by atoms with Crippen LogP contribution in [0.1, 0.15) is 31.0 Å². The molecule has 0 saturated carbocycles. The lowest BCUT2D eigenvalue weighted by Crippen LogP contribution is -2.40. The summed E-state index contributed by atoms with van der Waals surface area (Å²) >= 11 is 1.24. The highest BCUT2D eigenvalue weighted by Gasteiger charge is 2.34. The molecule has 0 unspecified atom stereocenters. The number of aromatic nitrogens is 1. The van der Waals surface area contributed by atoms with Crippen LogP contribution in [0.5, 0.6) is 17.2 Å². The quantitative estimate of drug-likeness (QED) is 0.470. The van der Waals surface area contributed by atoms with Crippen molar-refractivity contribution in [3.05, 3.63) is 84.5 Å². The number of ether oxygens (including phenoxy) is 4. The number of carbonyl (C=O) groups excluding carboxylic acids is 1. The van der Waals surface area contributed by atoms with Crippen LogP contribution < -0.4 is 29.1 Å². The number of hydrogen-bond acceptors (Lipinski definition) is 8. The minimum atomic E-state index is -0.749. The van der Waals surface area contributed by atoms with E-state index in [9.17, 15) is 9.59 Å². The van der Waals surface area contributed by atoms with Crippen molar-refractivity contribution in [1.29, 1.82) is 0 Å². The third-order valence-corrected chi connectivity index (χ3v) is 6.66. The summed E-state index contributed by atoms with van der Waals surface area (Å²) in [5.41, 5.74) is 1.90. The number of thiazole rings is 1. The highest BCUT2D eigenvalue weighted by Crippen LogP contribution is 2.35. The third kappa shape index (κ3) is 4.46. The van der Waals surface area contributed by atoms with E-state index in [0.29, 0.717) is 49.0 Å². The first-order chi connectivity index (χ1) is 16.9. The van der Waals surface area contributed by atoms with E-state index in [1.165, 1.54) is 15.9 Å². The van der Waals surface area contributed by atoms with Crippen LogP contribution in [0.25, 0.3) is 6.08 Å². The molecule has 1 aliphatic heterocycles. The minimum absolute atomic E-state index is 0.204. The summed E-state index contributed by atoms with van der Waals surface area (Å²) in [4.78, 5) is 31.9. The Morgan fingerprint density at radius 2 is 1.83 bits per heavy atom. The number of carbonyl (C=O) groups is 1. The highest BCUT2D eigenvalue weighted by atomic mass is 32.1. The minimum Gasteiger partial charge on any atom is -0.497 e. The maximum Gasteiger partial charge on any atom is 0.338 e. The van der Waals surface area contributed by atoms with Crippen LogP contribution in [0.2, 0.25) is 0 Å². The molecule has 0 N–H and O–H groups in total. The number of hydrogen-bond donors (Lipinski definition) is 0. The van der Waals surface area contributed by atoms with Gasteiger partial charge in [-0.3, -0.25) is 9.36 Å². The summed E-state index contributed by atoms with van der Waals surface area (Å²) < 4.78 is 23.7. The lowest BCUT2D eigenvalue weighted by molar-refractivity contribution is -0.139. The number of para-hydroxylation sites is 1. The van der Waals surface area contributed by atoms with E-state index in [1.807, 2.05) is 24.3 Å². The molecule has 0 saturated heterocycles. The van der Waals surface area contributed by atoms with Gasteiger partial charge in [-0.1, -0.05) is 29.5 Å². The molecule has 1 aromatic heterocycles. The van der Waals surface area contributed by atoms with Crippen LogP contribution in [0.3, 0.4) is 0 Å². The number of rotatable bonds is 7. The molecule has 1 aliphatic rings. The van der Waals surface area contributed by atoms with Crippen molar-refractivity contribution < 1.29 is 23.7 Å². The molecule has 4 rings (SSSR count). The molecule has 0 radical (unpaired) electrons. The molecule has 0 spiro atoms. The molecule has 0 fully saturated rings. The Hall–Kier alpha value is -3.85. The van der Waals surface area contributed by atoms with E-state index in [-0.39, 0.29) is 12.2 Å². The largest absolute Gasteiger partial charge is 0.497 e. The molecule has 0 amide bonds. The van der Waals surface area contributed by atoms with Crippen molar-refractivity contribution in [3.63, 3.8) is 0 Å². The fraction of sp³-hybridized carbons (Fsp3) is 0.269. The maximum atomic E-state index is 13.8. The third-order valence-electron chi connectivity index (χ3n) is 5.68. The number of nitrogens with zero attached hydrogens (tertiary/aromatic N) is 2. The van der Waals surface area contributed by atoms with E-state index < -0.39 is 12.0 Å². The van der Waals surface area contributed by atoms with Gasteiger partial charge in [0.15, 0.2) is 4.80 Å². The summed E-state index contributed by atoms with van der Waals surface area (Å²) in [6, 6.07) is 11.9. The number of benzene rings is 2. The van der Waals surface area contributed by atoms with Crippen molar-refractivity contribution in [3.8, 4) is 17.2 Å². The summed E-state index contributed by atoms with van der Waals surface area (Å²) in [5.74, 6) is 1.25. The average molecular weight is 495 g/mol. The fourth-order valence-electron chi connectivity index (χ4n) is 4.06. The van der Waals surface area contributed by atoms with Gasteiger partial charge in [0.1, 0.15) is 23.3 Å². The van der Waals surface area contributed by atoms with Gasteiger partial charge in [-0.15, -0.1) is 0 Å². The van der Waals surface area contributed by atoms with Gasteiger partial charge in [0.2, 0.25) is 0 Å². The molecule has 2 aromatic carbocycles. The van der Waals surface area contributed by atoms with Crippen molar-refractivity contribution in [2.45, 2.75) is 19.9 Å². The van der Waals surface area contributed by atoms with Crippen LogP contribution in [0.15, 0.2) is 63.5 Å². The average Bonchev–Trinajstić information content (AvgIpc) is 3.17. The molecule has 1 atom stereocenters. The van der Waals surface area contributed by atoms with Gasteiger partial charge < -0.3 is 18.9 Å². The fourth-order valence-corrected chi connectivity index (χ4v) is 5.09. The van der Waals surface area contributed by atoms with Gasteiger partial charge in [0.25, 0.3) is 5.56 Å². The summed E-state index contributed by atoms with van der Waals surface area (Å²) in [7, 11) is 4.69. The molecule has 2 heterocycles. The first kappa shape index (κ1) is 24.3. The molecule has 182 valence electrons. The highest BCUT2D eigenvalue weighted by molar-refractivity contribution is 7.07. The molecule has 9 heteroatoms. The molecular formula is C26H26N2O6S. The second-order valence-corrected chi connectivity index (χ2v) is 8.66. The van der Waals surface area contributed by atoms with Crippen molar-refractivity contribution in [2.75, 3.05) is 27.9 Å². The zero-order valence-corrected chi connectivity index (χ0v) is 21.0. The standard InChI is InChI=1S/C26H26N2O6S/c1-6-34-25(30)22-15(2)27-26-28(23(22)18-9-7-8-10-19(18)32-4)24(29)21(35-26)13-16-11-12-17(31-3)14-20(16)33-5/h7-14,23H,6H2,1-5H3/b21-13+/t23-/m0/s1. The Morgan fingerprint density at radius 3 is 2.51 bits per heavy atom. The molecule has 3 aromatic rings. The topological polar surface area (TPSA) is 88.4 Å². The van der Waals surface area contributed by atoms with Crippen molar-refractivity contribution in [2.24, 2.45) is 4.99 Å². The van der Waals surface area contributed by atoms with Crippen molar-refractivity contribution in [1.82, 2.24) is 4.57 Å². The predicted octanol–water partition coefficient (Wildman–Crippen LogP) is 2.82. The molecule has 0 aliphatic carbocycles. The Labute approximate surface area is 206 Å². The SMILES string of the molecule is CCOC(=O)C1=C(C)N=c2s/c(=C/c3ccc(OC)cc3OC)c(=O)n2[C@H]1c1ccccc1OC. The van der Waals surface area contributed by atoms with Crippen LogP contribution >= 0.6 is 11.3 Å². The smallest absolute Gasteiger partial charge is 0.338 e. The Balaban J connectivity index is 1.98. The zero-order valence-electron chi connectivity index (χ0n) is 20.2. The van der Waals surface area contributed by atoms with E-state index in [4.69, 9.17) is 18.9 Å². The van der Waals surface area contributed by atoms with Gasteiger partial charge >= 0.3 is 5.97 Å². The first-order valence-corrected chi connectivity index (χ1v) is 11.8. The second kappa shape index (κ2) is 10.2. The van der Waals surface area contributed by atoms with Gasteiger partial charge in [-0.05, 0) is 38.1 Å². The lowest BCUT2D eigenvalue weighted by Gasteiger charge is -2.25. The van der Waals surface area contributed by atoms with E-state index >= 15 is 0 Å². The van der Waals surface area contributed by atoms with Gasteiger partial charge in [0.05, 0.1) is 43.7 Å². The Kier molecular flexibility index (Phi) is 7.07.